The summed E-state index contributed by atoms with van der Waals surface area (Å²) in [5, 5.41) is 42.6. The summed E-state index contributed by atoms with van der Waals surface area (Å²) in [6.45, 7) is 8.76. The van der Waals surface area contributed by atoms with Gasteiger partial charge in [-0.25, -0.2) is 9.36 Å². The molecule has 1 heterocycles. The molecule has 1 aromatic carbocycles. The van der Waals surface area contributed by atoms with Gasteiger partial charge in [0, 0.05) is 6.04 Å². The zero-order chi connectivity index (χ0) is 26.6. The van der Waals surface area contributed by atoms with E-state index in [1.807, 2.05) is 20.8 Å². The first-order valence-electron chi connectivity index (χ1n) is 11.4. The summed E-state index contributed by atoms with van der Waals surface area (Å²) in [6.07, 6.45) is -7.52. The van der Waals surface area contributed by atoms with Gasteiger partial charge in [0.25, 0.3) is 0 Å². The number of carbonyl (C=O) groups is 1. The second-order valence-electron chi connectivity index (χ2n) is 9.08. The standard InChI is InChI=1S/C22H36NO11P/c1-6-12(3)23-14-10-13(11-31-35(29,30)34-22(4,5)7-2)8-9-15(14)32-21-18(26)16(24)17(25)19(33-21)20(27)28/h8-10,12,16-19,21,23-26H,6-7,11H2,1-5H3,(H,27,28)(H,29,30). The topological polar surface area (TPSA) is 184 Å². The Balaban J connectivity index is 2.24. The monoisotopic (exact) mass is 521 g/mol. The van der Waals surface area contributed by atoms with Crippen LogP contribution in [-0.4, -0.2) is 73.6 Å². The third-order valence-electron chi connectivity index (χ3n) is 5.72. The summed E-state index contributed by atoms with van der Waals surface area (Å²) >= 11 is 0. The van der Waals surface area contributed by atoms with Crippen LogP contribution in [-0.2, 0) is 29.8 Å². The van der Waals surface area contributed by atoms with Crippen LogP contribution in [0.5, 0.6) is 5.75 Å². The molecule has 0 saturated carbocycles. The molecule has 7 atom stereocenters. The summed E-state index contributed by atoms with van der Waals surface area (Å²) in [7, 11) is -4.33. The van der Waals surface area contributed by atoms with Gasteiger partial charge in [-0.15, -0.1) is 0 Å². The minimum Gasteiger partial charge on any atom is -0.479 e. The van der Waals surface area contributed by atoms with Crippen LogP contribution >= 0.6 is 7.82 Å². The van der Waals surface area contributed by atoms with Crippen LogP contribution in [0.2, 0.25) is 0 Å². The molecular weight excluding hydrogens is 485 g/mol. The largest absolute Gasteiger partial charge is 0.479 e. The maximum Gasteiger partial charge on any atom is 0.473 e. The van der Waals surface area contributed by atoms with Crippen molar-refractivity contribution in [2.45, 2.75) is 96.4 Å². The quantitative estimate of drug-likeness (QED) is 0.220. The molecule has 7 unspecified atom stereocenters. The Morgan fingerprint density at radius 2 is 1.86 bits per heavy atom. The van der Waals surface area contributed by atoms with Gasteiger partial charge in [0.1, 0.15) is 24.1 Å². The fourth-order valence-corrected chi connectivity index (χ4v) is 4.20. The van der Waals surface area contributed by atoms with Crippen LogP contribution in [0.1, 0.15) is 53.0 Å². The van der Waals surface area contributed by atoms with Crippen molar-refractivity contribution < 1.29 is 53.2 Å². The lowest BCUT2D eigenvalue weighted by Gasteiger charge is -2.38. The zero-order valence-corrected chi connectivity index (χ0v) is 21.3. The molecule has 13 heteroatoms. The average Bonchev–Trinajstić information content (AvgIpc) is 2.78. The van der Waals surface area contributed by atoms with Gasteiger partial charge in [0.2, 0.25) is 6.29 Å². The van der Waals surface area contributed by atoms with Gasteiger partial charge in [0.15, 0.2) is 6.10 Å². The summed E-state index contributed by atoms with van der Waals surface area (Å²) in [4.78, 5) is 21.4. The number of ether oxygens (including phenoxy) is 2. The van der Waals surface area contributed by atoms with E-state index in [9.17, 15) is 34.7 Å². The van der Waals surface area contributed by atoms with Crippen molar-refractivity contribution in [1.82, 2.24) is 0 Å². The first kappa shape index (κ1) is 29.5. The zero-order valence-electron chi connectivity index (χ0n) is 20.5. The Bertz CT molecular complexity index is 911. The van der Waals surface area contributed by atoms with Gasteiger partial charge >= 0.3 is 13.8 Å². The first-order chi connectivity index (χ1) is 16.2. The third-order valence-corrected chi connectivity index (χ3v) is 6.90. The fraction of sp³-hybridized carbons (Fsp3) is 0.682. The lowest BCUT2D eigenvalue weighted by molar-refractivity contribution is -0.271. The van der Waals surface area contributed by atoms with Gasteiger partial charge in [-0.05, 0) is 51.3 Å². The van der Waals surface area contributed by atoms with Crippen LogP contribution in [0.15, 0.2) is 18.2 Å². The lowest BCUT2D eigenvalue weighted by atomic mass is 9.99. The molecule has 1 fully saturated rings. The highest BCUT2D eigenvalue weighted by Crippen LogP contribution is 2.48. The highest BCUT2D eigenvalue weighted by atomic mass is 31.2. The molecule has 6 N–H and O–H groups in total. The Morgan fingerprint density at radius 3 is 2.43 bits per heavy atom. The van der Waals surface area contributed by atoms with Gasteiger partial charge in [-0.1, -0.05) is 19.9 Å². The van der Waals surface area contributed by atoms with E-state index in [-0.39, 0.29) is 18.4 Å². The van der Waals surface area contributed by atoms with Gasteiger partial charge in [0.05, 0.1) is 17.9 Å². The Hall–Kier alpha value is -1.76. The number of carboxylic acids is 1. The molecule has 0 aromatic heterocycles. The predicted octanol–water partition coefficient (Wildman–Crippen LogP) is 1.99. The molecule has 0 radical (unpaired) electrons. The summed E-state index contributed by atoms with van der Waals surface area (Å²) < 4.78 is 33.5. The summed E-state index contributed by atoms with van der Waals surface area (Å²) in [6, 6.07) is 4.59. The molecule has 1 saturated heterocycles. The van der Waals surface area contributed by atoms with Crippen molar-refractivity contribution in [3.63, 3.8) is 0 Å². The van der Waals surface area contributed by atoms with E-state index < -0.39 is 50.1 Å². The van der Waals surface area contributed by atoms with E-state index in [1.165, 1.54) is 12.1 Å². The number of rotatable bonds is 12. The number of carboxylic acid groups (broad SMARTS) is 1. The molecule has 2 rings (SSSR count). The van der Waals surface area contributed by atoms with Crippen molar-refractivity contribution in [3.8, 4) is 5.75 Å². The van der Waals surface area contributed by atoms with E-state index in [0.29, 0.717) is 17.7 Å². The van der Waals surface area contributed by atoms with Crippen molar-refractivity contribution >= 4 is 19.5 Å². The molecule has 12 nitrogen and oxygen atoms in total. The maximum atomic E-state index is 12.3. The number of phosphoric acid groups is 1. The molecule has 1 aliphatic rings. The number of aliphatic hydroxyl groups is 3. The van der Waals surface area contributed by atoms with Crippen LogP contribution < -0.4 is 10.1 Å². The van der Waals surface area contributed by atoms with Crippen molar-refractivity contribution in [2.75, 3.05) is 5.32 Å². The fourth-order valence-electron chi connectivity index (χ4n) is 3.08. The maximum absolute atomic E-state index is 12.3. The lowest BCUT2D eigenvalue weighted by Crippen LogP contribution is -2.61. The van der Waals surface area contributed by atoms with Crippen LogP contribution in [0.3, 0.4) is 0 Å². The van der Waals surface area contributed by atoms with Crippen molar-refractivity contribution in [3.05, 3.63) is 23.8 Å². The number of anilines is 1. The van der Waals surface area contributed by atoms with E-state index in [1.54, 1.807) is 19.9 Å². The van der Waals surface area contributed by atoms with Gasteiger partial charge in [-0.3, -0.25) is 9.05 Å². The third kappa shape index (κ3) is 8.12. The second kappa shape index (κ2) is 12.0. The number of benzene rings is 1. The molecule has 1 aromatic rings. The normalized spacial score (nSPS) is 27.6. The van der Waals surface area contributed by atoms with E-state index in [0.717, 1.165) is 6.42 Å². The molecular formula is C22H36NO11P. The Kier molecular flexibility index (Phi) is 10.1. The van der Waals surface area contributed by atoms with E-state index >= 15 is 0 Å². The first-order valence-corrected chi connectivity index (χ1v) is 12.9. The average molecular weight is 522 g/mol. The number of phosphoric ester groups is 1. The number of aliphatic hydroxyl groups excluding tert-OH is 3. The van der Waals surface area contributed by atoms with Crippen molar-refractivity contribution in [1.29, 1.82) is 0 Å². The molecule has 0 amide bonds. The predicted molar refractivity (Wildman–Crippen MR) is 125 cm³/mol. The van der Waals surface area contributed by atoms with Gasteiger partial charge < -0.3 is 40.1 Å². The summed E-state index contributed by atoms with van der Waals surface area (Å²) in [5.74, 6) is -1.37. The Labute approximate surface area is 204 Å². The molecule has 200 valence electrons. The minimum absolute atomic E-state index is 0.0254. The molecule has 1 aliphatic heterocycles. The number of aliphatic carboxylic acids is 1. The smallest absolute Gasteiger partial charge is 0.473 e. The Morgan fingerprint density at radius 1 is 1.20 bits per heavy atom. The van der Waals surface area contributed by atoms with E-state index in [2.05, 4.69) is 5.32 Å². The molecule has 0 aliphatic carbocycles. The van der Waals surface area contributed by atoms with Crippen LogP contribution in [0.25, 0.3) is 0 Å². The minimum atomic E-state index is -4.33. The number of hydrogen-bond donors (Lipinski definition) is 6. The number of hydrogen-bond acceptors (Lipinski definition) is 10. The molecule has 0 bridgehead atoms. The summed E-state index contributed by atoms with van der Waals surface area (Å²) in [5.41, 5.74) is 0.0588. The second-order valence-corrected chi connectivity index (χ2v) is 10.5. The van der Waals surface area contributed by atoms with Crippen LogP contribution in [0.4, 0.5) is 5.69 Å². The highest BCUT2D eigenvalue weighted by molar-refractivity contribution is 7.47. The molecule has 35 heavy (non-hydrogen) atoms. The van der Waals surface area contributed by atoms with E-state index in [4.69, 9.17) is 18.5 Å². The van der Waals surface area contributed by atoms with Gasteiger partial charge in [-0.2, -0.15) is 0 Å². The van der Waals surface area contributed by atoms with Crippen molar-refractivity contribution in [2.24, 2.45) is 0 Å². The molecule has 0 spiro atoms. The highest BCUT2D eigenvalue weighted by Gasteiger charge is 2.48. The van der Waals surface area contributed by atoms with Crippen LogP contribution in [0, 0.1) is 0 Å². The number of nitrogens with one attached hydrogen (secondary N) is 1. The SMILES string of the molecule is CCC(C)Nc1cc(COP(=O)(O)OC(C)(C)CC)ccc1OC1OC(C(=O)O)C(O)C(O)C1O.